The molecule has 0 atom stereocenters. The molecule has 1 aromatic rings. The number of hydrogen-bond donors (Lipinski definition) is 1. The molecular formula is C19H21F2NO4. The molecule has 1 N–H and O–H groups in total. The van der Waals surface area contributed by atoms with Gasteiger partial charge in [-0.2, -0.15) is 0 Å². The molecule has 7 heteroatoms. The molecule has 1 heterocycles. The van der Waals surface area contributed by atoms with E-state index in [2.05, 4.69) is 5.32 Å². The maximum Gasteiger partial charge on any atom is 0.336 e. The summed E-state index contributed by atoms with van der Waals surface area (Å²) in [5.74, 6) is -4.03. The molecule has 26 heavy (non-hydrogen) atoms. The fourth-order valence-electron chi connectivity index (χ4n) is 3.00. The second-order valence-electron chi connectivity index (χ2n) is 5.74. The molecule has 5 nitrogen and oxygen atoms in total. The third-order valence-electron chi connectivity index (χ3n) is 4.02. The lowest BCUT2D eigenvalue weighted by molar-refractivity contribution is -0.139. The molecule has 0 spiro atoms. The Morgan fingerprint density at radius 3 is 1.92 bits per heavy atom. The van der Waals surface area contributed by atoms with E-state index in [1.165, 1.54) is 6.07 Å². The van der Waals surface area contributed by atoms with Crippen LogP contribution in [0.2, 0.25) is 0 Å². The summed E-state index contributed by atoms with van der Waals surface area (Å²) in [7, 11) is 0. The molecule has 1 aliphatic rings. The van der Waals surface area contributed by atoms with E-state index in [0.717, 1.165) is 6.07 Å². The molecule has 0 amide bonds. The molecule has 0 fully saturated rings. The maximum absolute atomic E-state index is 14.5. The van der Waals surface area contributed by atoms with Gasteiger partial charge in [-0.05, 0) is 33.8 Å². The van der Waals surface area contributed by atoms with Crippen molar-refractivity contribution in [3.05, 3.63) is 57.9 Å². The molecule has 0 saturated carbocycles. The number of carbonyl (C=O) groups excluding carboxylic acids is 2. The molecule has 0 aliphatic carbocycles. The number of hydrogen-bond acceptors (Lipinski definition) is 5. The van der Waals surface area contributed by atoms with Crippen LogP contribution in [0.5, 0.6) is 0 Å². The molecule has 2 rings (SSSR count). The normalized spacial score (nSPS) is 15.0. The van der Waals surface area contributed by atoms with Crippen LogP contribution in [0.4, 0.5) is 8.78 Å². The number of ether oxygens (including phenoxy) is 2. The standard InChI is InChI=1S/C19H21F2NO4/c1-5-25-18(23)15-10(3)22-11(4)16(19(24)26-6-2)17(15)13-8-7-12(20)9-14(13)21/h7-9,17,22H,5-6H2,1-4H3. The summed E-state index contributed by atoms with van der Waals surface area (Å²) in [5.41, 5.74) is 1.04. The first-order valence-corrected chi connectivity index (χ1v) is 8.29. The van der Waals surface area contributed by atoms with Gasteiger partial charge in [0.15, 0.2) is 0 Å². The second kappa shape index (κ2) is 8.12. The van der Waals surface area contributed by atoms with Crippen LogP contribution in [-0.2, 0) is 19.1 Å². The first-order valence-electron chi connectivity index (χ1n) is 8.29. The average Bonchev–Trinajstić information content (AvgIpc) is 2.54. The SMILES string of the molecule is CCOC(=O)C1=C(C)NC(C)=C(C(=O)OCC)C1c1ccc(F)cc1F. The van der Waals surface area contributed by atoms with Crippen molar-refractivity contribution in [2.75, 3.05) is 13.2 Å². The highest BCUT2D eigenvalue weighted by Crippen LogP contribution is 2.40. The third kappa shape index (κ3) is 3.76. The molecule has 140 valence electrons. The van der Waals surface area contributed by atoms with Gasteiger partial charge in [0.2, 0.25) is 0 Å². The summed E-state index contributed by atoms with van der Waals surface area (Å²) >= 11 is 0. The minimum absolute atomic E-state index is 0.00212. The predicted molar refractivity (Wildman–Crippen MR) is 90.9 cm³/mol. The van der Waals surface area contributed by atoms with Gasteiger partial charge in [0.05, 0.1) is 30.3 Å². The zero-order valence-corrected chi connectivity index (χ0v) is 15.1. The molecule has 0 aromatic heterocycles. The Morgan fingerprint density at radius 1 is 1.00 bits per heavy atom. The fraction of sp³-hybridized carbons (Fsp3) is 0.368. The van der Waals surface area contributed by atoms with Crippen molar-refractivity contribution in [2.24, 2.45) is 0 Å². The van der Waals surface area contributed by atoms with Crippen molar-refractivity contribution in [1.29, 1.82) is 0 Å². The van der Waals surface area contributed by atoms with E-state index in [0.29, 0.717) is 17.5 Å². The Balaban J connectivity index is 2.69. The summed E-state index contributed by atoms with van der Waals surface area (Å²) in [6.07, 6.45) is 0. The quantitative estimate of drug-likeness (QED) is 0.811. The molecule has 0 saturated heterocycles. The Kier molecular flexibility index (Phi) is 6.13. The second-order valence-corrected chi connectivity index (χ2v) is 5.74. The van der Waals surface area contributed by atoms with Crippen molar-refractivity contribution < 1.29 is 27.8 Å². The minimum atomic E-state index is -1.06. The van der Waals surface area contributed by atoms with E-state index in [1.807, 2.05) is 0 Å². The van der Waals surface area contributed by atoms with Crippen LogP contribution < -0.4 is 5.32 Å². The zero-order valence-electron chi connectivity index (χ0n) is 15.1. The smallest absolute Gasteiger partial charge is 0.336 e. The summed E-state index contributed by atoms with van der Waals surface area (Å²) in [6.45, 7) is 6.78. The summed E-state index contributed by atoms with van der Waals surface area (Å²) in [4.78, 5) is 25.0. The number of esters is 2. The van der Waals surface area contributed by atoms with Gasteiger partial charge in [-0.1, -0.05) is 6.07 Å². The van der Waals surface area contributed by atoms with Crippen molar-refractivity contribution >= 4 is 11.9 Å². The lowest BCUT2D eigenvalue weighted by Crippen LogP contribution is -2.33. The molecule has 1 aliphatic heterocycles. The minimum Gasteiger partial charge on any atom is -0.463 e. The first-order chi connectivity index (χ1) is 12.3. The van der Waals surface area contributed by atoms with Crippen molar-refractivity contribution in [3.8, 4) is 0 Å². The van der Waals surface area contributed by atoms with E-state index in [1.54, 1.807) is 27.7 Å². The molecule has 1 aromatic carbocycles. The van der Waals surface area contributed by atoms with Crippen LogP contribution in [0.25, 0.3) is 0 Å². The number of nitrogens with one attached hydrogen (secondary N) is 1. The van der Waals surface area contributed by atoms with E-state index < -0.39 is 29.5 Å². The number of carbonyl (C=O) groups is 2. The maximum atomic E-state index is 14.5. The van der Waals surface area contributed by atoms with Crippen LogP contribution in [0.15, 0.2) is 40.7 Å². The van der Waals surface area contributed by atoms with Crippen LogP contribution in [0.3, 0.4) is 0 Å². The van der Waals surface area contributed by atoms with Gasteiger partial charge in [-0.25, -0.2) is 18.4 Å². The van der Waals surface area contributed by atoms with Crippen LogP contribution >= 0.6 is 0 Å². The molecular weight excluding hydrogens is 344 g/mol. The Labute approximate surface area is 150 Å². The summed E-state index contributed by atoms with van der Waals surface area (Å²) < 4.78 is 38.1. The topological polar surface area (TPSA) is 64.6 Å². The average molecular weight is 365 g/mol. The number of allylic oxidation sites excluding steroid dienone is 2. The lowest BCUT2D eigenvalue weighted by Gasteiger charge is -2.30. The third-order valence-corrected chi connectivity index (χ3v) is 4.02. The van der Waals surface area contributed by atoms with Gasteiger partial charge < -0.3 is 14.8 Å². The van der Waals surface area contributed by atoms with Gasteiger partial charge in [-0.3, -0.25) is 0 Å². The van der Waals surface area contributed by atoms with Gasteiger partial charge >= 0.3 is 11.9 Å². The van der Waals surface area contributed by atoms with Gasteiger partial charge in [0, 0.05) is 23.0 Å². The van der Waals surface area contributed by atoms with Crippen LogP contribution in [0.1, 0.15) is 39.2 Å². The Bertz CT molecular complexity index is 759. The van der Waals surface area contributed by atoms with Crippen LogP contribution in [0, 0.1) is 11.6 Å². The molecule has 0 unspecified atom stereocenters. The monoisotopic (exact) mass is 365 g/mol. The number of rotatable bonds is 5. The summed E-state index contributed by atoms with van der Waals surface area (Å²) in [5, 5.41) is 2.95. The Morgan fingerprint density at radius 2 is 1.50 bits per heavy atom. The zero-order chi connectivity index (χ0) is 19.4. The first kappa shape index (κ1) is 19.6. The largest absolute Gasteiger partial charge is 0.463 e. The number of dihydropyridines is 1. The van der Waals surface area contributed by atoms with Gasteiger partial charge in [0.1, 0.15) is 11.6 Å². The Hall–Kier alpha value is -2.70. The highest BCUT2D eigenvalue weighted by atomic mass is 19.1. The van der Waals surface area contributed by atoms with E-state index >= 15 is 0 Å². The predicted octanol–water partition coefficient (Wildman–Crippen LogP) is 3.33. The summed E-state index contributed by atoms with van der Waals surface area (Å²) in [6, 6.07) is 3.02. The highest BCUT2D eigenvalue weighted by Gasteiger charge is 2.39. The van der Waals surface area contributed by atoms with Crippen molar-refractivity contribution in [3.63, 3.8) is 0 Å². The number of benzene rings is 1. The van der Waals surface area contributed by atoms with Crippen molar-refractivity contribution in [2.45, 2.75) is 33.6 Å². The van der Waals surface area contributed by atoms with Crippen LogP contribution in [-0.4, -0.2) is 25.2 Å². The molecule has 0 bridgehead atoms. The molecule has 0 radical (unpaired) electrons. The number of halogens is 2. The van der Waals surface area contributed by atoms with Crippen molar-refractivity contribution in [1.82, 2.24) is 5.32 Å². The van der Waals surface area contributed by atoms with E-state index in [-0.39, 0.29) is 29.9 Å². The highest BCUT2D eigenvalue weighted by molar-refractivity contribution is 5.99. The lowest BCUT2D eigenvalue weighted by atomic mass is 9.80. The van der Waals surface area contributed by atoms with Gasteiger partial charge in [-0.15, -0.1) is 0 Å². The van der Waals surface area contributed by atoms with Gasteiger partial charge in [0.25, 0.3) is 0 Å². The van der Waals surface area contributed by atoms with E-state index in [4.69, 9.17) is 9.47 Å². The van der Waals surface area contributed by atoms with E-state index in [9.17, 15) is 18.4 Å². The fourth-order valence-corrected chi connectivity index (χ4v) is 3.00.